The van der Waals surface area contributed by atoms with Crippen molar-refractivity contribution in [1.29, 1.82) is 0 Å². The molecule has 1 fully saturated rings. The van der Waals surface area contributed by atoms with Gasteiger partial charge < -0.3 is 15.7 Å². The summed E-state index contributed by atoms with van der Waals surface area (Å²) in [6, 6.07) is 1.88. The number of hydrogen-bond donors (Lipinski definition) is 3. The van der Waals surface area contributed by atoms with Crippen molar-refractivity contribution in [3.8, 4) is 0 Å². The van der Waals surface area contributed by atoms with Crippen LogP contribution in [0.4, 0.5) is 10.6 Å². The summed E-state index contributed by atoms with van der Waals surface area (Å²) in [5, 5.41) is 18.6. The van der Waals surface area contributed by atoms with Crippen molar-refractivity contribution >= 4 is 23.6 Å². The van der Waals surface area contributed by atoms with Gasteiger partial charge in [0.05, 0.1) is 12.2 Å². The number of carbonyl (C=O) groups is 3. The normalized spacial score (nSPS) is 16.9. The first-order valence-electron chi connectivity index (χ1n) is 9.53. The van der Waals surface area contributed by atoms with Gasteiger partial charge in [0.25, 0.3) is 5.91 Å². The molecule has 8 heteroatoms. The molecule has 0 aliphatic heterocycles. The van der Waals surface area contributed by atoms with Crippen LogP contribution < -0.4 is 10.6 Å². The van der Waals surface area contributed by atoms with Crippen LogP contribution in [0.1, 0.15) is 72.3 Å². The minimum atomic E-state index is -1.50. The van der Waals surface area contributed by atoms with E-state index in [0.29, 0.717) is 12.2 Å². The molecule has 27 heavy (non-hydrogen) atoms. The maximum absolute atomic E-state index is 13.2. The fourth-order valence-corrected chi connectivity index (χ4v) is 3.46. The smallest absolute Gasteiger partial charge is 0.405 e. The second-order valence-corrected chi connectivity index (χ2v) is 8.22. The summed E-state index contributed by atoms with van der Waals surface area (Å²) in [5.74, 6) is -1.13. The number of hydrogen-bond acceptors (Lipinski definition) is 4. The molecule has 0 aromatic carbocycles. The number of ketones is 1. The number of anilines is 1. The standard InChI is InChI=1S/C19H30N4O4/c1-5-6-11-19(18(2,3)4,22-17(26)27)15(24)16(25)21-14-10-12-20-23(14)13-8-7-9-13/h10,12-13,22H,5-9,11H2,1-4H3,(H,21,25)(H,26,27). The number of nitrogens with one attached hydrogen (secondary N) is 2. The van der Waals surface area contributed by atoms with Crippen molar-refractivity contribution in [3.05, 3.63) is 12.3 Å². The van der Waals surface area contributed by atoms with Crippen LogP contribution in [0.2, 0.25) is 0 Å². The van der Waals surface area contributed by atoms with Crippen molar-refractivity contribution in [3.63, 3.8) is 0 Å². The Bertz CT molecular complexity index is 703. The van der Waals surface area contributed by atoms with Crippen molar-refractivity contribution < 1.29 is 19.5 Å². The highest BCUT2D eigenvalue weighted by Crippen LogP contribution is 2.37. The Balaban J connectivity index is 2.29. The van der Waals surface area contributed by atoms with Crippen molar-refractivity contribution in [2.75, 3.05) is 5.32 Å². The minimum absolute atomic E-state index is 0.231. The summed E-state index contributed by atoms with van der Waals surface area (Å²) < 4.78 is 1.73. The third-order valence-corrected chi connectivity index (χ3v) is 5.43. The van der Waals surface area contributed by atoms with Gasteiger partial charge in [0.1, 0.15) is 11.4 Å². The average molecular weight is 378 g/mol. The topological polar surface area (TPSA) is 113 Å². The molecule has 1 unspecified atom stereocenters. The van der Waals surface area contributed by atoms with Crippen LogP contribution in [-0.2, 0) is 9.59 Å². The zero-order valence-electron chi connectivity index (χ0n) is 16.5. The lowest BCUT2D eigenvalue weighted by atomic mass is 9.68. The molecule has 3 N–H and O–H groups in total. The molecule has 1 aromatic rings. The Kier molecular flexibility index (Phi) is 6.28. The van der Waals surface area contributed by atoms with E-state index in [1.807, 2.05) is 6.92 Å². The molecule has 1 aliphatic carbocycles. The summed E-state index contributed by atoms with van der Waals surface area (Å²) >= 11 is 0. The first-order chi connectivity index (χ1) is 12.6. The molecule has 0 radical (unpaired) electrons. The fraction of sp³-hybridized carbons (Fsp3) is 0.684. The first-order valence-corrected chi connectivity index (χ1v) is 9.53. The third-order valence-electron chi connectivity index (χ3n) is 5.43. The number of nitrogens with zero attached hydrogens (tertiary/aromatic N) is 2. The molecule has 1 aliphatic rings. The van der Waals surface area contributed by atoms with Gasteiger partial charge in [0.15, 0.2) is 0 Å². The van der Waals surface area contributed by atoms with Gasteiger partial charge in [-0.3, -0.25) is 9.59 Å². The Morgan fingerprint density at radius 2 is 1.96 bits per heavy atom. The maximum atomic E-state index is 13.2. The van der Waals surface area contributed by atoms with E-state index in [1.54, 1.807) is 37.7 Å². The van der Waals surface area contributed by atoms with Crippen LogP contribution in [-0.4, -0.2) is 38.2 Å². The maximum Gasteiger partial charge on any atom is 0.405 e. The van der Waals surface area contributed by atoms with Crippen LogP contribution in [0, 0.1) is 5.41 Å². The number of carboxylic acid groups (broad SMARTS) is 1. The summed E-state index contributed by atoms with van der Waals surface area (Å²) in [7, 11) is 0. The van der Waals surface area contributed by atoms with E-state index in [4.69, 9.17) is 0 Å². The monoisotopic (exact) mass is 378 g/mol. The Morgan fingerprint density at radius 3 is 2.44 bits per heavy atom. The van der Waals surface area contributed by atoms with E-state index in [1.165, 1.54) is 0 Å². The SMILES string of the molecule is CCCCC(NC(=O)O)(C(=O)C(=O)Nc1ccnn1C1CCC1)C(C)(C)C. The van der Waals surface area contributed by atoms with Gasteiger partial charge in [-0.05, 0) is 31.1 Å². The quantitative estimate of drug-likeness (QED) is 0.600. The molecular weight excluding hydrogens is 348 g/mol. The Hall–Kier alpha value is -2.38. The zero-order valence-corrected chi connectivity index (χ0v) is 16.5. The van der Waals surface area contributed by atoms with Crippen LogP contribution in [0.15, 0.2) is 12.3 Å². The van der Waals surface area contributed by atoms with E-state index in [9.17, 15) is 19.5 Å². The van der Waals surface area contributed by atoms with Gasteiger partial charge in [-0.15, -0.1) is 0 Å². The van der Waals surface area contributed by atoms with Gasteiger partial charge >= 0.3 is 6.09 Å². The molecule has 1 saturated carbocycles. The summed E-state index contributed by atoms with van der Waals surface area (Å²) in [6.45, 7) is 7.25. The predicted octanol–water partition coefficient (Wildman–Crippen LogP) is 3.36. The molecule has 0 bridgehead atoms. The minimum Gasteiger partial charge on any atom is -0.465 e. The van der Waals surface area contributed by atoms with Gasteiger partial charge in [-0.25, -0.2) is 9.48 Å². The molecule has 1 heterocycles. The molecule has 150 valence electrons. The van der Waals surface area contributed by atoms with Crippen LogP contribution in [0.5, 0.6) is 0 Å². The molecule has 2 rings (SSSR count). The number of aromatic nitrogens is 2. The molecular formula is C19H30N4O4. The lowest BCUT2D eigenvalue weighted by molar-refractivity contribution is -0.142. The average Bonchev–Trinajstić information content (AvgIpc) is 2.95. The van der Waals surface area contributed by atoms with E-state index in [0.717, 1.165) is 25.7 Å². The van der Waals surface area contributed by atoms with E-state index in [-0.39, 0.29) is 12.5 Å². The van der Waals surface area contributed by atoms with Crippen LogP contribution in [0.25, 0.3) is 0 Å². The third kappa shape index (κ3) is 4.31. The first kappa shape index (κ1) is 20.9. The molecule has 0 spiro atoms. The van der Waals surface area contributed by atoms with E-state index in [2.05, 4.69) is 15.7 Å². The van der Waals surface area contributed by atoms with Crippen LogP contribution >= 0.6 is 0 Å². The summed E-state index contributed by atoms with van der Waals surface area (Å²) in [5.41, 5.74) is -2.27. The second-order valence-electron chi connectivity index (χ2n) is 8.22. The largest absolute Gasteiger partial charge is 0.465 e. The number of amides is 2. The fourth-order valence-electron chi connectivity index (χ4n) is 3.46. The number of unbranched alkanes of at least 4 members (excludes halogenated alkanes) is 1. The number of Topliss-reactive ketones (excluding diaryl/α,β-unsaturated/α-hetero) is 1. The Morgan fingerprint density at radius 1 is 1.30 bits per heavy atom. The second kappa shape index (κ2) is 8.10. The molecule has 0 saturated heterocycles. The van der Waals surface area contributed by atoms with Crippen molar-refractivity contribution in [1.82, 2.24) is 15.1 Å². The zero-order chi connectivity index (χ0) is 20.2. The highest BCUT2D eigenvalue weighted by Gasteiger charge is 2.51. The van der Waals surface area contributed by atoms with Crippen LogP contribution in [0.3, 0.4) is 0 Å². The van der Waals surface area contributed by atoms with E-state index >= 15 is 0 Å². The lowest BCUT2D eigenvalue weighted by Gasteiger charge is -2.42. The highest BCUT2D eigenvalue weighted by molar-refractivity contribution is 6.44. The highest BCUT2D eigenvalue weighted by atomic mass is 16.4. The molecule has 1 aromatic heterocycles. The van der Waals surface area contributed by atoms with Crippen molar-refractivity contribution in [2.24, 2.45) is 5.41 Å². The molecule has 8 nitrogen and oxygen atoms in total. The van der Waals surface area contributed by atoms with Gasteiger partial charge in [0.2, 0.25) is 5.78 Å². The van der Waals surface area contributed by atoms with Gasteiger partial charge in [-0.1, -0.05) is 40.5 Å². The lowest BCUT2D eigenvalue weighted by Crippen LogP contribution is -2.64. The number of rotatable bonds is 8. The summed E-state index contributed by atoms with van der Waals surface area (Å²) in [4.78, 5) is 37.4. The van der Waals surface area contributed by atoms with Gasteiger partial charge in [0, 0.05) is 6.07 Å². The predicted molar refractivity (Wildman–Crippen MR) is 102 cm³/mol. The summed E-state index contributed by atoms with van der Waals surface area (Å²) in [6.07, 6.45) is 5.02. The molecule has 1 atom stereocenters. The van der Waals surface area contributed by atoms with Crippen molar-refractivity contribution in [2.45, 2.75) is 77.8 Å². The number of carbonyl (C=O) groups excluding carboxylic acids is 2. The van der Waals surface area contributed by atoms with E-state index < -0.39 is 28.7 Å². The van der Waals surface area contributed by atoms with Gasteiger partial charge in [-0.2, -0.15) is 5.10 Å². The molecule has 2 amide bonds. The Labute approximate surface area is 159 Å².